The van der Waals surface area contributed by atoms with E-state index in [1.54, 1.807) is 0 Å². The van der Waals surface area contributed by atoms with E-state index in [0.29, 0.717) is 12.6 Å². The Kier molecular flexibility index (Phi) is 7.15. The smallest absolute Gasteiger partial charge is 0.302 e. The molecule has 1 aromatic heterocycles. The van der Waals surface area contributed by atoms with Crippen LogP contribution in [0.15, 0.2) is 73.1 Å². The number of aryl methyl sites for hydroxylation is 1. The summed E-state index contributed by atoms with van der Waals surface area (Å²) in [5.74, 6) is 0.725. The van der Waals surface area contributed by atoms with Crippen molar-refractivity contribution in [3.63, 3.8) is 0 Å². The van der Waals surface area contributed by atoms with Gasteiger partial charge in [-0.2, -0.15) is 0 Å². The number of benzene rings is 2. The third-order valence-corrected chi connectivity index (χ3v) is 7.30. The minimum Gasteiger partial charge on any atom is -0.466 e. The third-order valence-electron chi connectivity index (χ3n) is 7.30. The number of carbonyl (C=O) groups excluding carboxylic acids is 2. The Hall–Kier alpha value is -3.41. The molecule has 2 aromatic carbocycles. The highest BCUT2D eigenvalue weighted by molar-refractivity contribution is 5.91. The van der Waals surface area contributed by atoms with Crippen LogP contribution in [0.5, 0.6) is 0 Å². The molecule has 6 heteroatoms. The number of aromatic nitrogens is 2. The molecule has 1 heterocycles. The summed E-state index contributed by atoms with van der Waals surface area (Å²) in [6, 6.07) is 20.3. The van der Waals surface area contributed by atoms with Crippen molar-refractivity contribution < 1.29 is 18.9 Å². The van der Waals surface area contributed by atoms with Crippen LogP contribution in [0.25, 0.3) is 0 Å². The van der Waals surface area contributed by atoms with Crippen molar-refractivity contribution >= 4 is 11.9 Å². The maximum absolute atomic E-state index is 13.3. The quantitative estimate of drug-likeness (QED) is 0.299. The molecule has 2 N–H and O–H groups in total. The van der Waals surface area contributed by atoms with Crippen LogP contribution in [-0.4, -0.2) is 23.1 Å². The van der Waals surface area contributed by atoms with Crippen LogP contribution in [0.3, 0.4) is 0 Å². The maximum atomic E-state index is 13.3. The monoisotopic (exact) mass is 460 g/mol. The topological polar surface area (TPSA) is 78.2 Å². The molecule has 2 atom stereocenters. The standard InChI is InChI=1S/C28H33N3O3/c1-21-30(16-9-19-34-22(2)32)17-18-31(21)26-15-14-25(20-26)28(27(29)33,23-10-5-3-6-11-23)24-12-7-4-8-13-24/h3-8,10-13,17-18,25-26H,9,14-16,19-20H2,1-2H3,(H-,29,33)/p+1/t25-,26-/m1/s1. The second-order valence-electron chi connectivity index (χ2n) is 9.21. The molecule has 0 saturated heterocycles. The number of ether oxygens (including phenoxy) is 1. The SMILES string of the molecule is CC(=O)OCCC[n+]1ccn([C@@H]2CC[C@@H](C(C(N)=O)(c3ccccc3)c3ccccc3)C2)c1C. The van der Waals surface area contributed by atoms with E-state index in [2.05, 4.69) is 28.5 Å². The van der Waals surface area contributed by atoms with Gasteiger partial charge in [-0.1, -0.05) is 60.7 Å². The highest BCUT2D eigenvalue weighted by Crippen LogP contribution is 2.49. The predicted octanol–water partition coefficient (Wildman–Crippen LogP) is 3.85. The number of nitrogens with zero attached hydrogens (tertiary/aromatic N) is 2. The molecule has 178 valence electrons. The highest BCUT2D eigenvalue weighted by Gasteiger charge is 2.51. The average Bonchev–Trinajstić information content (AvgIpc) is 3.45. The van der Waals surface area contributed by atoms with Gasteiger partial charge in [0.1, 0.15) is 23.9 Å². The van der Waals surface area contributed by atoms with Gasteiger partial charge in [-0.05, 0) is 36.3 Å². The van der Waals surface area contributed by atoms with Crippen molar-refractivity contribution in [3.8, 4) is 0 Å². The molecule has 0 bridgehead atoms. The summed E-state index contributed by atoms with van der Waals surface area (Å²) in [5.41, 5.74) is 7.30. The zero-order chi connectivity index (χ0) is 24.1. The van der Waals surface area contributed by atoms with Crippen molar-refractivity contribution in [3.05, 3.63) is 90.0 Å². The number of amides is 1. The second-order valence-corrected chi connectivity index (χ2v) is 9.21. The van der Waals surface area contributed by atoms with Crippen LogP contribution in [0, 0.1) is 12.8 Å². The third kappa shape index (κ3) is 4.49. The van der Waals surface area contributed by atoms with Crippen molar-refractivity contribution in [1.29, 1.82) is 0 Å². The summed E-state index contributed by atoms with van der Waals surface area (Å²) >= 11 is 0. The van der Waals surface area contributed by atoms with Gasteiger partial charge in [0, 0.05) is 20.3 Å². The van der Waals surface area contributed by atoms with Gasteiger partial charge in [0.05, 0.1) is 13.2 Å². The summed E-state index contributed by atoms with van der Waals surface area (Å²) in [7, 11) is 0. The van der Waals surface area contributed by atoms with Crippen molar-refractivity contribution in [2.45, 2.75) is 57.5 Å². The fourth-order valence-corrected chi connectivity index (χ4v) is 5.72. The normalized spacial score (nSPS) is 18.1. The number of primary amides is 1. The summed E-state index contributed by atoms with van der Waals surface area (Å²) in [4.78, 5) is 24.3. The molecule has 6 nitrogen and oxygen atoms in total. The fraction of sp³-hybridized carbons (Fsp3) is 0.393. The van der Waals surface area contributed by atoms with Crippen LogP contribution < -0.4 is 10.3 Å². The van der Waals surface area contributed by atoms with Crippen LogP contribution in [0.2, 0.25) is 0 Å². The number of rotatable bonds is 9. The molecule has 0 spiro atoms. The Bertz CT molecular complexity index is 1080. The Balaban J connectivity index is 1.60. The first-order chi connectivity index (χ1) is 16.4. The molecule has 4 rings (SSSR count). The first-order valence-electron chi connectivity index (χ1n) is 12.1. The number of carbonyl (C=O) groups is 2. The maximum Gasteiger partial charge on any atom is 0.302 e. The lowest BCUT2D eigenvalue weighted by molar-refractivity contribution is -0.703. The molecule has 34 heavy (non-hydrogen) atoms. The minimum absolute atomic E-state index is 0.0963. The lowest BCUT2D eigenvalue weighted by Crippen LogP contribution is -2.47. The number of hydrogen-bond donors (Lipinski definition) is 1. The van der Waals surface area contributed by atoms with Crippen LogP contribution in [-0.2, 0) is 26.3 Å². The lowest BCUT2D eigenvalue weighted by atomic mass is 9.64. The predicted molar refractivity (Wildman–Crippen MR) is 130 cm³/mol. The summed E-state index contributed by atoms with van der Waals surface area (Å²) in [6.45, 7) is 4.77. The Morgan fingerprint density at radius 2 is 1.68 bits per heavy atom. The molecule has 0 aliphatic heterocycles. The average molecular weight is 461 g/mol. The first-order valence-corrected chi connectivity index (χ1v) is 12.1. The fourth-order valence-electron chi connectivity index (χ4n) is 5.72. The van der Waals surface area contributed by atoms with E-state index in [0.717, 1.165) is 49.2 Å². The Morgan fingerprint density at radius 1 is 1.06 bits per heavy atom. The van der Waals surface area contributed by atoms with Crippen molar-refractivity contribution in [1.82, 2.24) is 4.57 Å². The molecule has 0 radical (unpaired) electrons. The largest absolute Gasteiger partial charge is 0.466 e. The van der Waals surface area contributed by atoms with Crippen molar-refractivity contribution in [2.75, 3.05) is 6.61 Å². The molecule has 1 aliphatic rings. The van der Waals surface area contributed by atoms with E-state index in [4.69, 9.17) is 10.5 Å². The number of nitrogens with two attached hydrogens (primary N) is 1. The van der Waals surface area contributed by atoms with Gasteiger partial charge >= 0.3 is 5.97 Å². The molecular weight excluding hydrogens is 426 g/mol. The lowest BCUT2D eigenvalue weighted by Gasteiger charge is -2.37. The van der Waals surface area contributed by atoms with Gasteiger partial charge in [0.25, 0.3) is 5.82 Å². The van der Waals surface area contributed by atoms with E-state index < -0.39 is 5.41 Å². The first kappa shape index (κ1) is 23.7. The van der Waals surface area contributed by atoms with Gasteiger partial charge in [-0.15, -0.1) is 0 Å². The van der Waals surface area contributed by atoms with Crippen LogP contribution in [0.4, 0.5) is 0 Å². The molecule has 1 fully saturated rings. The Morgan fingerprint density at radius 3 is 2.24 bits per heavy atom. The molecule has 1 amide bonds. The molecule has 1 saturated carbocycles. The number of hydrogen-bond acceptors (Lipinski definition) is 3. The van der Waals surface area contributed by atoms with Crippen molar-refractivity contribution in [2.24, 2.45) is 11.7 Å². The zero-order valence-electron chi connectivity index (χ0n) is 20.0. The van der Waals surface area contributed by atoms with Gasteiger partial charge in [-0.3, -0.25) is 9.59 Å². The molecular formula is C28H34N3O3+. The number of esters is 1. The van der Waals surface area contributed by atoms with Gasteiger partial charge in [0.15, 0.2) is 0 Å². The molecule has 3 aromatic rings. The summed E-state index contributed by atoms with van der Waals surface area (Å²) in [5, 5.41) is 0. The van der Waals surface area contributed by atoms with Gasteiger partial charge < -0.3 is 10.5 Å². The summed E-state index contributed by atoms with van der Waals surface area (Å²) in [6.07, 6.45) is 7.77. The zero-order valence-corrected chi connectivity index (χ0v) is 20.0. The van der Waals surface area contributed by atoms with E-state index in [1.165, 1.54) is 6.92 Å². The molecule has 0 unspecified atom stereocenters. The minimum atomic E-state index is -0.863. The Labute approximate surface area is 201 Å². The van der Waals surface area contributed by atoms with Crippen LogP contribution in [0.1, 0.15) is 55.6 Å². The van der Waals surface area contributed by atoms with Gasteiger partial charge in [0.2, 0.25) is 5.91 Å². The highest BCUT2D eigenvalue weighted by atomic mass is 16.5. The summed E-state index contributed by atoms with van der Waals surface area (Å²) < 4.78 is 9.59. The van der Waals surface area contributed by atoms with Gasteiger partial charge in [-0.25, -0.2) is 9.13 Å². The second kappa shape index (κ2) is 10.2. The van der Waals surface area contributed by atoms with E-state index in [1.807, 2.05) is 60.7 Å². The number of imidazole rings is 1. The van der Waals surface area contributed by atoms with Crippen LogP contribution >= 0.6 is 0 Å². The van der Waals surface area contributed by atoms with E-state index >= 15 is 0 Å². The molecule has 1 aliphatic carbocycles. The van der Waals surface area contributed by atoms with E-state index in [9.17, 15) is 9.59 Å². The van der Waals surface area contributed by atoms with E-state index in [-0.39, 0.29) is 17.8 Å².